The van der Waals surface area contributed by atoms with E-state index in [9.17, 15) is 0 Å². The van der Waals surface area contributed by atoms with Gasteiger partial charge in [-0.2, -0.15) is 5.10 Å². The maximum atomic E-state index is 5.54. The predicted octanol–water partition coefficient (Wildman–Crippen LogP) is 4.15. The van der Waals surface area contributed by atoms with Crippen LogP contribution in [-0.2, 0) is 11.8 Å². The van der Waals surface area contributed by atoms with Crippen molar-refractivity contribution in [2.75, 3.05) is 31.6 Å². The van der Waals surface area contributed by atoms with Crippen LogP contribution < -0.4 is 5.32 Å². The molecule has 0 spiro atoms. The van der Waals surface area contributed by atoms with Crippen LogP contribution in [0.3, 0.4) is 0 Å². The van der Waals surface area contributed by atoms with Crippen LogP contribution in [0.5, 0.6) is 0 Å². The standard InChI is InChI=1S/C26H26N6O/c1-4-19-5-6-25-22(11-19)15-27-26(30-25)29-24-13-20(18(2)32-7-9-33-10-8-32)12-21(14-24)23-16-28-31(3)17-23/h1,5-6,11-18H,7-10H2,2-3H3,(H,27,29,30). The molecule has 2 aromatic carbocycles. The van der Waals surface area contributed by atoms with Crippen LogP contribution in [-0.4, -0.2) is 51.0 Å². The second kappa shape index (κ2) is 9.02. The summed E-state index contributed by atoms with van der Waals surface area (Å²) in [7, 11) is 1.93. The Kier molecular flexibility index (Phi) is 5.78. The number of aryl methyl sites for hydroxylation is 1. The van der Waals surface area contributed by atoms with Gasteiger partial charge in [-0.05, 0) is 54.4 Å². The summed E-state index contributed by atoms with van der Waals surface area (Å²) in [5.74, 6) is 3.20. The number of anilines is 2. The molecule has 0 aliphatic carbocycles. The van der Waals surface area contributed by atoms with E-state index in [2.05, 4.69) is 56.3 Å². The van der Waals surface area contributed by atoms with Crippen molar-refractivity contribution in [2.45, 2.75) is 13.0 Å². The highest BCUT2D eigenvalue weighted by atomic mass is 16.5. The van der Waals surface area contributed by atoms with E-state index in [0.717, 1.165) is 59.6 Å². The lowest BCUT2D eigenvalue weighted by Gasteiger charge is -2.33. The molecule has 7 nitrogen and oxygen atoms in total. The molecule has 1 saturated heterocycles. The molecule has 3 heterocycles. The Bertz CT molecular complexity index is 1330. The predicted molar refractivity (Wildman–Crippen MR) is 130 cm³/mol. The zero-order chi connectivity index (χ0) is 22.8. The molecule has 0 radical (unpaired) electrons. The van der Waals surface area contributed by atoms with E-state index in [1.165, 1.54) is 5.56 Å². The summed E-state index contributed by atoms with van der Waals surface area (Å²) < 4.78 is 7.36. The Morgan fingerprint density at radius 2 is 1.94 bits per heavy atom. The van der Waals surface area contributed by atoms with Crippen molar-refractivity contribution in [1.82, 2.24) is 24.6 Å². The van der Waals surface area contributed by atoms with Crippen LogP contribution in [0.2, 0.25) is 0 Å². The van der Waals surface area contributed by atoms with E-state index < -0.39 is 0 Å². The van der Waals surface area contributed by atoms with E-state index in [1.54, 1.807) is 6.20 Å². The van der Waals surface area contributed by atoms with Gasteiger partial charge in [-0.3, -0.25) is 9.58 Å². The maximum Gasteiger partial charge on any atom is 0.227 e. The number of nitrogens with one attached hydrogen (secondary N) is 1. The average molecular weight is 439 g/mol. The van der Waals surface area contributed by atoms with Crippen LogP contribution in [0.1, 0.15) is 24.1 Å². The number of benzene rings is 2. The molecular weight excluding hydrogens is 412 g/mol. The summed E-state index contributed by atoms with van der Waals surface area (Å²) in [6.45, 7) is 5.63. The number of hydrogen-bond acceptors (Lipinski definition) is 6. The van der Waals surface area contributed by atoms with Crippen LogP contribution in [0.15, 0.2) is 55.0 Å². The molecule has 5 rings (SSSR count). The second-order valence-corrected chi connectivity index (χ2v) is 8.31. The number of fused-ring (bicyclic) bond motifs is 1. The van der Waals surface area contributed by atoms with E-state index in [0.29, 0.717) is 5.95 Å². The van der Waals surface area contributed by atoms with Crippen LogP contribution in [0.25, 0.3) is 22.0 Å². The molecule has 1 N–H and O–H groups in total. The van der Waals surface area contributed by atoms with Crippen LogP contribution in [0.4, 0.5) is 11.6 Å². The van der Waals surface area contributed by atoms with Gasteiger partial charge in [0.2, 0.25) is 5.95 Å². The zero-order valence-electron chi connectivity index (χ0n) is 18.8. The normalized spacial score (nSPS) is 15.3. The summed E-state index contributed by atoms with van der Waals surface area (Å²) in [5.41, 5.74) is 5.99. The molecule has 2 aromatic heterocycles. The fourth-order valence-electron chi connectivity index (χ4n) is 4.19. The number of rotatable bonds is 5. The Labute approximate surface area is 193 Å². The summed E-state index contributed by atoms with van der Waals surface area (Å²) in [4.78, 5) is 11.6. The van der Waals surface area contributed by atoms with E-state index in [4.69, 9.17) is 11.2 Å². The third kappa shape index (κ3) is 4.58. The van der Waals surface area contributed by atoms with E-state index in [-0.39, 0.29) is 6.04 Å². The minimum Gasteiger partial charge on any atom is -0.379 e. The molecule has 166 valence electrons. The number of morpholine rings is 1. The Hall–Kier alpha value is -3.73. The molecule has 0 amide bonds. The van der Waals surface area contributed by atoms with Crippen molar-refractivity contribution in [3.8, 4) is 23.5 Å². The monoisotopic (exact) mass is 438 g/mol. The Balaban J connectivity index is 1.50. The SMILES string of the molecule is C#Cc1ccc2nc(Nc3cc(-c4cnn(C)c4)cc(C(C)N4CCOCC4)c3)ncc2c1. The third-order valence-corrected chi connectivity index (χ3v) is 6.07. The lowest BCUT2D eigenvalue weighted by molar-refractivity contribution is 0.0199. The number of nitrogens with zero attached hydrogens (tertiary/aromatic N) is 5. The van der Waals surface area contributed by atoms with E-state index >= 15 is 0 Å². The van der Waals surface area contributed by atoms with Crippen molar-refractivity contribution in [3.63, 3.8) is 0 Å². The van der Waals surface area contributed by atoms with Gasteiger partial charge in [0, 0.05) is 60.8 Å². The van der Waals surface area contributed by atoms with Gasteiger partial charge >= 0.3 is 0 Å². The van der Waals surface area contributed by atoms with Gasteiger partial charge in [-0.15, -0.1) is 6.42 Å². The number of terminal acetylenes is 1. The molecule has 1 aliphatic heterocycles. The van der Waals surface area contributed by atoms with Gasteiger partial charge in [0.25, 0.3) is 0 Å². The Morgan fingerprint density at radius 1 is 1.09 bits per heavy atom. The smallest absolute Gasteiger partial charge is 0.227 e. The number of ether oxygens (including phenoxy) is 1. The van der Waals surface area contributed by atoms with Crippen LogP contribution in [0, 0.1) is 12.3 Å². The molecule has 0 saturated carbocycles. The average Bonchev–Trinajstić information content (AvgIpc) is 3.30. The van der Waals surface area contributed by atoms with Gasteiger partial charge < -0.3 is 10.1 Å². The van der Waals surface area contributed by atoms with Crippen molar-refractivity contribution in [1.29, 1.82) is 0 Å². The third-order valence-electron chi connectivity index (χ3n) is 6.07. The fraction of sp³-hybridized carbons (Fsp3) is 0.269. The molecule has 7 heteroatoms. The maximum absolute atomic E-state index is 5.54. The van der Waals surface area contributed by atoms with Crippen molar-refractivity contribution in [2.24, 2.45) is 7.05 Å². The minimum absolute atomic E-state index is 0.255. The first-order valence-electron chi connectivity index (χ1n) is 11.1. The quantitative estimate of drug-likeness (QED) is 0.472. The highest BCUT2D eigenvalue weighted by Gasteiger charge is 2.20. The molecule has 1 aliphatic rings. The highest BCUT2D eigenvalue weighted by molar-refractivity contribution is 5.81. The van der Waals surface area contributed by atoms with Crippen molar-refractivity contribution < 1.29 is 4.74 Å². The molecule has 0 bridgehead atoms. The zero-order valence-corrected chi connectivity index (χ0v) is 18.8. The lowest BCUT2D eigenvalue weighted by atomic mass is 9.99. The topological polar surface area (TPSA) is 68.1 Å². The lowest BCUT2D eigenvalue weighted by Crippen LogP contribution is -2.38. The summed E-state index contributed by atoms with van der Waals surface area (Å²) in [6, 6.07) is 12.5. The summed E-state index contributed by atoms with van der Waals surface area (Å²) >= 11 is 0. The number of aromatic nitrogens is 4. The van der Waals surface area contributed by atoms with Crippen molar-refractivity contribution in [3.05, 3.63) is 66.1 Å². The highest BCUT2D eigenvalue weighted by Crippen LogP contribution is 2.31. The van der Waals surface area contributed by atoms with Gasteiger partial charge in [0.1, 0.15) is 0 Å². The molecule has 1 fully saturated rings. The molecule has 1 atom stereocenters. The molecule has 33 heavy (non-hydrogen) atoms. The first-order valence-corrected chi connectivity index (χ1v) is 11.1. The van der Waals surface area contributed by atoms with Gasteiger partial charge in [-0.1, -0.05) is 5.92 Å². The van der Waals surface area contributed by atoms with Gasteiger partial charge in [0.05, 0.1) is 24.9 Å². The summed E-state index contributed by atoms with van der Waals surface area (Å²) in [5, 5.41) is 8.68. The molecule has 4 aromatic rings. The number of hydrogen-bond donors (Lipinski definition) is 1. The van der Waals surface area contributed by atoms with Gasteiger partial charge in [-0.25, -0.2) is 9.97 Å². The van der Waals surface area contributed by atoms with Crippen LogP contribution >= 0.6 is 0 Å². The largest absolute Gasteiger partial charge is 0.379 e. The van der Waals surface area contributed by atoms with Gasteiger partial charge in [0.15, 0.2) is 0 Å². The first-order chi connectivity index (χ1) is 16.1. The fourth-order valence-corrected chi connectivity index (χ4v) is 4.19. The first kappa shape index (κ1) is 21.1. The Morgan fingerprint density at radius 3 is 2.70 bits per heavy atom. The van der Waals surface area contributed by atoms with E-state index in [1.807, 2.05) is 42.3 Å². The summed E-state index contributed by atoms with van der Waals surface area (Å²) in [6.07, 6.45) is 11.2. The molecule has 1 unspecified atom stereocenters. The van der Waals surface area contributed by atoms with Crippen molar-refractivity contribution >= 4 is 22.5 Å². The second-order valence-electron chi connectivity index (χ2n) is 8.31. The molecular formula is C26H26N6O. The minimum atomic E-state index is 0.255.